The molecule has 1 aromatic rings. The van der Waals surface area contributed by atoms with Gasteiger partial charge in [0.2, 0.25) is 0 Å². The van der Waals surface area contributed by atoms with E-state index in [1.165, 1.54) is 19.2 Å². The van der Waals surface area contributed by atoms with E-state index in [1.54, 1.807) is 6.07 Å². The number of aliphatic hydroxyl groups excluding tert-OH is 2. The molecule has 0 saturated heterocycles. The summed E-state index contributed by atoms with van der Waals surface area (Å²) in [7, 11) is 1.39. The molecule has 3 N–H and O–H groups in total. The summed E-state index contributed by atoms with van der Waals surface area (Å²) in [4.78, 5) is 11.1. The highest BCUT2D eigenvalue weighted by atomic mass is 19.1. The topological polar surface area (TPSA) is 99.4 Å². The normalized spacial score (nSPS) is 23.2. The Balaban J connectivity index is 1.76. The van der Waals surface area contributed by atoms with Crippen LogP contribution in [-0.2, 0) is 16.0 Å². The molecule has 174 valence electrons. The van der Waals surface area contributed by atoms with E-state index >= 15 is 0 Å². The highest BCUT2D eigenvalue weighted by Crippen LogP contribution is 2.37. The Bertz CT molecular complexity index is 711. The highest BCUT2D eigenvalue weighted by Gasteiger charge is 2.39. The van der Waals surface area contributed by atoms with Crippen molar-refractivity contribution in [3.63, 3.8) is 0 Å². The SMILES string of the molecule is COC(=O)CCCCCCC1C(O)C/C(=N/O)C1CCC(O)CCc1cccc(F)c1. The predicted molar refractivity (Wildman–Crippen MR) is 117 cm³/mol. The van der Waals surface area contributed by atoms with Crippen molar-refractivity contribution in [2.75, 3.05) is 7.11 Å². The first-order valence-corrected chi connectivity index (χ1v) is 11.3. The number of hydrogen-bond acceptors (Lipinski definition) is 6. The van der Waals surface area contributed by atoms with Crippen molar-refractivity contribution in [2.45, 2.75) is 82.8 Å². The van der Waals surface area contributed by atoms with Gasteiger partial charge in [0.25, 0.3) is 0 Å². The first kappa shape index (κ1) is 25.3. The number of benzene rings is 1. The van der Waals surface area contributed by atoms with Crippen LogP contribution in [0.15, 0.2) is 29.4 Å². The number of aryl methyl sites for hydroxylation is 1. The summed E-state index contributed by atoms with van der Waals surface area (Å²) in [6.45, 7) is 0. The molecule has 1 aliphatic rings. The van der Waals surface area contributed by atoms with Gasteiger partial charge in [-0.2, -0.15) is 0 Å². The largest absolute Gasteiger partial charge is 0.469 e. The first-order valence-electron chi connectivity index (χ1n) is 11.3. The van der Waals surface area contributed by atoms with Crippen LogP contribution < -0.4 is 0 Å². The van der Waals surface area contributed by atoms with E-state index in [-0.39, 0.29) is 23.6 Å². The van der Waals surface area contributed by atoms with E-state index in [1.807, 2.05) is 6.07 Å². The molecule has 7 heteroatoms. The van der Waals surface area contributed by atoms with Gasteiger partial charge in [0, 0.05) is 18.8 Å². The van der Waals surface area contributed by atoms with Crippen molar-refractivity contribution in [2.24, 2.45) is 17.0 Å². The minimum atomic E-state index is -0.532. The van der Waals surface area contributed by atoms with E-state index in [0.717, 1.165) is 37.7 Å². The molecule has 1 aliphatic carbocycles. The van der Waals surface area contributed by atoms with Gasteiger partial charge in [0.1, 0.15) is 5.82 Å². The molecule has 4 atom stereocenters. The number of rotatable bonds is 13. The third-order valence-corrected chi connectivity index (χ3v) is 6.35. The number of unbranched alkanes of at least 4 members (excludes halogenated alkanes) is 3. The number of esters is 1. The Labute approximate surface area is 184 Å². The average molecular weight is 438 g/mol. The third kappa shape index (κ3) is 8.57. The second-order valence-corrected chi connectivity index (χ2v) is 8.56. The quantitative estimate of drug-likeness (QED) is 0.186. The van der Waals surface area contributed by atoms with Crippen molar-refractivity contribution in [3.8, 4) is 0 Å². The summed E-state index contributed by atoms with van der Waals surface area (Å²) in [6, 6.07) is 6.40. The van der Waals surface area contributed by atoms with Crippen LogP contribution in [0, 0.1) is 17.7 Å². The number of methoxy groups -OCH3 is 1. The second kappa shape index (κ2) is 13.4. The van der Waals surface area contributed by atoms with Gasteiger partial charge in [0.05, 0.1) is 25.0 Å². The number of carbonyl (C=O) groups is 1. The number of ether oxygens (including phenoxy) is 1. The summed E-state index contributed by atoms with van der Waals surface area (Å²) in [5.74, 6) is -0.490. The summed E-state index contributed by atoms with van der Waals surface area (Å²) in [5.41, 5.74) is 1.47. The maximum atomic E-state index is 13.3. The molecule has 0 amide bonds. The molecule has 0 radical (unpaired) electrons. The lowest BCUT2D eigenvalue weighted by atomic mass is 9.84. The van der Waals surface area contributed by atoms with Crippen LogP contribution >= 0.6 is 0 Å². The van der Waals surface area contributed by atoms with E-state index in [2.05, 4.69) is 9.89 Å². The Hall–Kier alpha value is -1.99. The number of oxime groups is 1. The molecule has 1 saturated carbocycles. The molecule has 2 rings (SSSR count). The van der Waals surface area contributed by atoms with Gasteiger partial charge in [0.15, 0.2) is 0 Å². The van der Waals surface area contributed by atoms with Crippen molar-refractivity contribution < 1.29 is 29.3 Å². The van der Waals surface area contributed by atoms with Crippen LogP contribution in [-0.4, -0.2) is 46.4 Å². The van der Waals surface area contributed by atoms with Crippen LogP contribution in [0.1, 0.15) is 69.8 Å². The van der Waals surface area contributed by atoms with Gasteiger partial charge >= 0.3 is 5.97 Å². The van der Waals surface area contributed by atoms with Crippen molar-refractivity contribution in [1.29, 1.82) is 0 Å². The summed E-state index contributed by atoms with van der Waals surface area (Å²) >= 11 is 0. The monoisotopic (exact) mass is 437 g/mol. The molecule has 31 heavy (non-hydrogen) atoms. The molecular formula is C24H36FNO5. The number of nitrogens with zero attached hydrogens (tertiary/aromatic N) is 1. The smallest absolute Gasteiger partial charge is 0.305 e. The van der Waals surface area contributed by atoms with Crippen LogP contribution in [0.5, 0.6) is 0 Å². The van der Waals surface area contributed by atoms with Gasteiger partial charge in [-0.25, -0.2) is 4.39 Å². The van der Waals surface area contributed by atoms with Gasteiger partial charge in [-0.15, -0.1) is 0 Å². The van der Waals surface area contributed by atoms with E-state index < -0.39 is 12.2 Å². The molecule has 1 fully saturated rings. The lowest BCUT2D eigenvalue weighted by Gasteiger charge is -2.23. The Morgan fingerprint density at radius 3 is 2.71 bits per heavy atom. The van der Waals surface area contributed by atoms with E-state index in [0.29, 0.717) is 44.2 Å². The molecule has 0 spiro atoms. The zero-order valence-electron chi connectivity index (χ0n) is 18.4. The third-order valence-electron chi connectivity index (χ3n) is 6.35. The highest BCUT2D eigenvalue weighted by molar-refractivity contribution is 5.89. The first-order chi connectivity index (χ1) is 14.9. The van der Waals surface area contributed by atoms with Crippen molar-refractivity contribution in [3.05, 3.63) is 35.6 Å². The molecule has 6 nitrogen and oxygen atoms in total. The fourth-order valence-corrected chi connectivity index (χ4v) is 4.57. The Kier molecular flexibility index (Phi) is 10.9. The minimum absolute atomic E-state index is 0.0157. The fraction of sp³-hybridized carbons (Fsp3) is 0.667. The number of hydrogen-bond donors (Lipinski definition) is 3. The molecule has 0 aromatic heterocycles. The zero-order chi connectivity index (χ0) is 22.6. The lowest BCUT2D eigenvalue weighted by molar-refractivity contribution is -0.140. The Morgan fingerprint density at radius 1 is 1.23 bits per heavy atom. The van der Waals surface area contributed by atoms with Crippen molar-refractivity contribution in [1.82, 2.24) is 0 Å². The second-order valence-electron chi connectivity index (χ2n) is 8.56. The van der Waals surface area contributed by atoms with Gasteiger partial charge in [-0.1, -0.05) is 36.6 Å². The van der Waals surface area contributed by atoms with Crippen LogP contribution in [0.3, 0.4) is 0 Å². The maximum absolute atomic E-state index is 13.3. The molecule has 0 bridgehead atoms. The number of halogens is 1. The minimum Gasteiger partial charge on any atom is -0.469 e. The molecule has 1 aromatic carbocycles. The number of aliphatic hydroxyl groups is 2. The maximum Gasteiger partial charge on any atom is 0.305 e. The summed E-state index contributed by atoms with van der Waals surface area (Å²) in [5, 5.41) is 33.6. The average Bonchev–Trinajstić information content (AvgIpc) is 3.07. The molecule has 0 heterocycles. The summed E-state index contributed by atoms with van der Waals surface area (Å²) in [6.07, 6.45) is 6.51. The van der Waals surface area contributed by atoms with E-state index in [9.17, 15) is 24.6 Å². The predicted octanol–water partition coefficient (Wildman–Crippen LogP) is 4.24. The molecule has 0 aliphatic heterocycles. The van der Waals surface area contributed by atoms with E-state index in [4.69, 9.17) is 0 Å². The fourth-order valence-electron chi connectivity index (χ4n) is 4.57. The Morgan fingerprint density at radius 2 is 2.00 bits per heavy atom. The van der Waals surface area contributed by atoms with Gasteiger partial charge in [-0.05, 0) is 62.1 Å². The van der Waals surface area contributed by atoms with Crippen molar-refractivity contribution >= 4 is 11.7 Å². The molecular weight excluding hydrogens is 401 g/mol. The molecule has 4 unspecified atom stereocenters. The lowest BCUT2D eigenvalue weighted by Crippen LogP contribution is -2.22. The van der Waals surface area contributed by atoms with Gasteiger partial charge in [-0.3, -0.25) is 4.79 Å². The summed E-state index contributed by atoms with van der Waals surface area (Å²) < 4.78 is 17.9. The van der Waals surface area contributed by atoms with Crippen LogP contribution in [0.4, 0.5) is 4.39 Å². The zero-order valence-corrected chi connectivity index (χ0v) is 18.4. The number of carbonyl (C=O) groups excluding carboxylic acids is 1. The van der Waals surface area contributed by atoms with Gasteiger partial charge < -0.3 is 20.2 Å². The van der Waals surface area contributed by atoms with Crippen LogP contribution in [0.25, 0.3) is 0 Å². The van der Waals surface area contributed by atoms with Crippen LogP contribution in [0.2, 0.25) is 0 Å². The standard InChI is InChI=1S/C24H36FNO5/c1-31-24(29)10-5-3-2-4-9-21-20(22(26-30)16-23(21)28)14-13-19(27)12-11-17-7-6-8-18(25)15-17/h6-8,15,19-21,23,27-28,30H,2-5,9-14,16H2,1H3/b26-22-.